The molecule has 2 aromatic carbocycles. The molecular weight excluding hydrogens is 362 g/mol. The Labute approximate surface area is 134 Å². The van der Waals surface area contributed by atoms with Crippen LogP contribution in [-0.2, 0) is 6.61 Å². The normalized spacial score (nSPS) is 10.2. The second kappa shape index (κ2) is 6.78. The average Bonchev–Trinajstić information content (AvgIpc) is 2.45. The fraction of sp³-hybridized carbons (Fsp3) is 0.143. The summed E-state index contributed by atoms with van der Waals surface area (Å²) in [6, 6.07) is 9.84. The van der Waals surface area contributed by atoms with E-state index in [9.17, 15) is 10.1 Å². The van der Waals surface area contributed by atoms with Crippen molar-refractivity contribution in [3.8, 4) is 11.5 Å². The van der Waals surface area contributed by atoms with Gasteiger partial charge in [-0.3, -0.25) is 10.1 Å². The average molecular weight is 373 g/mol. The zero-order valence-electron chi connectivity index (χ0n) is 11.0. The van der Waals surface area contributed by atoms with Crippen LogP contribution in [0.4, 0.5) is 5.69 Å². The van der Waals surface area contributed by atoms with Crippen LogP contribution in [0.1, 0.15) is 5.56 Å². The first-order chi connectivity index (χ1) is 10.0. The molecule has 21 heavy (non-hydrogen) atoms. The summed E-state index contributed by atoms with van der Waals surface area (Å²) in [6.45, 7) is 0.316. The molecule has 0 bridgehead atoms. The maximum atomic E-state index is 10.7. The predicted octanol–water partition coefficient (Wildman–Crippen LogP) is 4.60. The van der Waals surface area contributed by atoms with Gasteiger partial charge in [0.15, 0.2) is 0 Å². The third-order valence-corrected chi connectivity index (χ3v) is 3.66. The summed E-state index contributed by atoms with van der Waals surface area (Å²) in [4.78, 5) is 10.1. The van der Waals surface area contributed by atoms with Crippen molar-refractivity contribution in [3.05, 3.63) is 61.6 Å². The molecule has 0 spiro atoms. The number of rotatable bonds is 5. The molecule has 0 aliphatic rings. The smallest absolute Gasteiger partial charge is 0.288 e. The van der Waals surface area contributed by atoms with Gasteiger partial charge >= 0.3 is 0 Å². The van der Waals surface area contributed by atoms with Gasteiger partial charge in [0, 0.05) is 12.1 Å². The minimum atomic E-state index is -0.535. The standard InChI is InChI=1S/C14H11BrClNO4/c1-20-14-5-2-9(6-11(14)15)8-21-10-3-4-13(17(18)19)12(16)7-10/h2-7H,8H2,1H3. The Morgan fingerprint density at radius 3 is 2.62 bits per heavy atom. The first-order valence-electron chi connectivity index (χ1n) is 5.90. The molecule has 0 saturated heterocycles. The molecule has 2 rings (SSSR count). The maximum absolute atomic E-state index is 10.7. The molecule has 0 amide bonds. The Morgan fingerprint density at radius 2 is 2.05 bits per heavy atom. The number of nitro groups is 1. The van der Waals surface area contributed by atoms with Gasteiger partial charge in [0.2, 0.25) is 0 Å². The van der Waals surface area contributed by atoms with Crippen LogP contribution in [0.3, 0.4) is 0 Å². The molecule has 0 aromatic heterocycles. The minimum absolute atomic E-state index is 0.0495. The van der Waals surface area contributed by atoms with Gasteiger partial charge in [0.25, 0.3) is 5.69 Å². The van der Waals surface area contributed by atoms with E-state index in [2.05, 4.69) is 15.9 Å². The highest BCUT2D eigenvalue weighted by molar-refractivity contribution is 9.10. The van der Waals surface area contributed by atoms with Gasteiger partial charge < -0.3 is 9.47 Å². The quantitative estimate of drug-likeness (QED) is 0.568. The van der Waals surface area contributed by atoms with Crippen LogP contribution in [0.5, 0.6) is 11.5 Å². The number of nitro benzene ring substituents is 1. The van der Waals surface area contributed by atoms with E-state index in [0.717, 1.165) is 15.8 Å². The van der Waals surface area contributed by atoms with Gasteiger partial charge in [-0.05, 0) is 39.7 Å². The molecule has 0 heterocycles. The Balaban J connectivity index is 2.08. The molecular formula is C14H11BrClNO4. The molecule has 0 fully saturated rings. The summed E-state index contributed by atoms with van der Waals surface area (Å²) < 4.78 is 11.5. The second-order valence-corrected chi connectivity index (χ2v) is 5.39. The van der Waals surface area contributed by atoms with Crippen LogP contribution in [0, 0.1) is 10.1 Å². The third-order valence-electron chi connectivity index (χ3n) is 2.74. The molecule has 5 nitrogen and oxygen atoms in total. The van der Waals surface area contributed by atoms with E-state index in [0.29, 0.717) is 12.4 Å². The van der Waals surface area contributed by atoms with Crippen molar-refractivity contribution in [2.24, 2.45) is 0 Å². The fourth-order valence-corrected chi connectivity index (χ4v) is 2.52. The molecule has 2 aromatic rings. The summed E-state index contributed by atoms with van der Waals surface area (Å²) in [5.74, 6) is 1.20. The van der Waals surface area contributed by atoms with Crippen molar-refractivity contribution in [2.45, 2.75) is 6.61 Å². The van der Waals surface area contributed by atoms with E-state index >= 15 is 0 Å². The molecule has 0 saturated carbocycles. The number of benzene rings is 2. The van der Waals surface area contributed by atoms with Crippen LogP contribution < -0.4 is 9.47 Å². The van der Waals surface area contributed by atoms with Gasteiger partial charge in [-0.25, -0.2) is 0 Å². The number of methoxy groups -OCH3 is 1. The molecule has 0 aliphatic heterocycles. The third kappa shape index (κ3) is 3.86. The van der Waals surface area contributed by atoms with Gasteiger partial charge in [0.1, 0.15) is 23.1 Å². The van der Waals surface area contributed by atoms with Crippen LogP contribution >= 0.6 is 27.5 Å². The first-order valence-corrected chi connectivity index (χ1v) is 7.07. The molecule has 110 valence electrons. The number of nitrogens with zero attached hydrogens (tertiary/aromatic N) is 1. The van der Waals surface area contributed by atoms with Crippen molar-refractivity contribution >= 4 is 33.2 Å². The lowest BCUT2D eigenvalue weighted by Crippen LogP contribution is -1.97. The Hall–Kier alpha value is -1.79. The largest absolute Gasteiger partial charge is 0.496 e. The molecule has 0 N–H and O–H groups in total. The van der Waals surface area contributed by atoms with E-state index in [4.69, 9.17) is 21.1 Å². The summed E-state index contributed by atoms with van der Waals surface area (Å²) in [6.07, 6.45) is 0. The van der Waals surface area contributed by atoms with Crippen LogP contribution in [-0.4, -0.2) is 12.0 Å². The van der Waals surface area contributed by atoms with Crippen molar-refractivity contribution in [1.29, 1.82) is 0 Å². The number of halogens is 2. The van der Waals surface area contributed by atoms with E-state index in [-0.39, 0.29) is 10.7 Å². The van der Waals surface area contributed by atoms with Crippen molar-refractivity contribution < 1.29 is 14.4 Å². The zero-order chi connectivity index (χ0) is 15.4. The van der Waals surface area contributed by atoms with E-state index in [1.54, 1.807) is 7.11 Å². The lowest BCUT2D eigenvalue weighted by Gasteiger charge is -2.09. The molecule has 7 heteroatoms. The van der Waals surface area contributed by atoms with Crippen LogP contribution in [0.15, 0.2) is 40.9 Å². The topological polar surface area (TPSA) is 61.6 Å². The molecule has 0 aliphatic carbocycles. The lowest BCUT2D eigenvalue weighted by atomic mass is 10.2. The minimum Gasteiger partial charge on any atom is -0.496 e. The number of ether oxygens (including phenoxy) is 2. The summed E-state index contributed by atoms with van der Waals surface area (Å²) in [5.41, 5.74) is 0.786. The highest BCUT2D eigenvalue weighted by Gasteiger charge is 2.12. The molecule has 0 unspecified atom stereocenters. The molecule has 0 atom stereocenters. The van der Waals surface area contributed by atoms with E-state index in [1.165, 1.54) is 18.2 Å². The Kier molecular flexibility index (Phi) is 5.03. The van der Waals surface area contributed by atoms with E-state index < -0.39 is 4.92 Å². The SMILES string of the molecule is COc1ccc(COc2ccc([N+](=O)[O-])c(Cl)c2)cc1Br. The predicted molar refractivity (Wildman–Crippen MR) is 83.1 cm³/mol. The van der Waals surface area contributed by atoms with Crippen molar-refractivity contribution in [3.63, 3.8) is 0 Å². The van der Waals surface area contributed by atoms with Crippen molar-refractivity contribution in [2.75, 3.05) is 7.11 Å². The lowest BCUT2D eigenvalue weighted by molar-refractivity contribution is -0.384. The first kappa shape index (κ1) is 15.6. The summed E-state index contributed by atoms with van der Waals surface area (Å²) in [5, 5.41) is 10.7. The second-order valence-electron chi connectivity index (χ2n) is 4.13. The monoisotopic (exact) mass is 371 g/mol. The van der Waals surface area contributed by atoms with Gasteiger partial charge in [-0.2, -0.15) is 0 Å². The van der Waals surface area contributed by atoms with Crippen LogP contribution in [0.25, 0.3) is 0 Å². The van der Waals surface area contributed by atoms with Crippen molar-refractivity contribution in [1.82, 2.24) is 0 Å². The van der Waals surface area contributed by atoms with E-state index in [1.807, 2.05) is 18.2 Å². The summed E-state index contributed by atoms with van der Waals surface area (Å²) >= 11 is 9.22. The van der Waals surface area contributed by atoms with Gasteiger partial charge in [0.05, 0.1) is 16.5 Å². The zero-order valence-corrected chi connectivity index (χ0v) is 13.3. The molecule has 0 radical (unpaired) electrons. The Morgan fingerprint density at radius 1 is 1.29 bits per heavy atom. The Bertz CT molecular complexity index is 678. The number of hydrogen-bond acceptors (Lipinski definition) is 4. The van der Waals surface area contributed by atoms with Gasteiger partial charge in [-0.1, -0.05) is 17.7 Å². The highest BCUT2D eigenvalue weighted by atomic mass is 79.9. The number of hydrogen-bond donors (Lipinski definition) is 0. The fourth-order valence-electron chi connectivity index (χ4n) is 1.69. The van der Waals surface area contributed by atoms with Crippen LogP contribution in [0.2, 0.25) is 5.02 Å². The maximum Gasteiger partial charge on any atom is 0.288 e. The summed E-state index contributed by atoms with van der Waals surface area (Å²) in [7, 11) is 1.59. The highest BCUT2D eigenvalue weighted by Crippen LogP contribution is 2.29. The van der Waals surface area contributed by atoms with Gasteiger partial charge in [-0.15, -0.1) is 0 Å².